The van der Waals surface area contributed by atoms with Crippen LogP contribution >= 0.6 is 11.6 Å². The second-order valence-electron chi connectivity index (χ2n) is 29.8. The number of nitrogens with one attached hydrogen (secondary N) is 4. The van der Waals surface area contributed by atoms with E-state index in [2.05, 4.69) is 21.3 Å². The van der Waals surface area contributed by atoms with Crippen molar-refractivity contribution < 1.29 is 83.9 Å². The van der Waals surface area contributed by atoms with Crippen molar-refractivity contribution >= 4 is 82.5 Å². The molecule has 0 unspecified atom stereocenters. The molecule has 580 valence electrons. The summed E-state index contributed by atoms with van der Waals surface area (Å²) in [7, 11) is 6.72. The van der Waals surface area contributed by atoms with Gasteiger partial charge in [0.2, 0.25) is 70.9 Å². The van der Waals surface area contributed by atoms with Gasteiger partial charge in [-0.2, -0.15) is 26.3 Å². The van der Waals surface area contributed by atoms with E-state index in [1.54, 1.807) is 25.7 Å². The number of benzene rings is 2. The first-order valence-electron chi connectivity index (χ1n) is 36.9. The molecule has 31 heteroatoms. The molecule has 105 heavy (non-hydrogen) atoms. The molecule has 2 aromatic rings. The predicted molar refractivity (Wildman–Crippen MR) is 375 cm³/mol. The monoisotopic (exact) mass is 1500 g/mol. The van der Waals surface area contributed by atoms with Crippen LogP contribution in [-0.2, 0) is 82.7 Å². The molecule has 6 aliphatic rings. The Hall–Kier alpha value is -8.05. The van der Waals surface area contributed by atoms with Gasteiger partial charge in [-0.15, -0.1) is 0 Å². The SMILES string of the molecule is CC[C@H](C)[C@@H]1NC(=O)[C@H](CC2CCCC2)N(C)C(=O)C[C@@H](C(=O)N2CCCC2)N(C)C(=O)[C@H]([C@@H](C)CC)N(C)C(=O)C2(CCCC2)NC(=O)[C@@H]2CCCN2C(=O)[C@H](CCc2ccc(C(F)(F)F)c(Cl)c2)NC(=O)CN(C)C(=O)[C@H](Cc2ccc(C(F)(F)F)cc2)N(C)C(=O)[C@@H]2CCN2C(=O)[C@H](C)NC1=O. The van der Waals surface area contributed by atoms with E-state index in [1.165, 1.54) is 66.7 Å². The lowest BCUT2D eigenvalue weighted by molar-refractivity contribution is -0.157. The lowest BCUT2D eigenvalue weighted by Crippen LogP contribution is -2.65. The average Bonchev–Trinajstić information content (AvgIpc) is 1.76. The van der Waals surface area contributed by atoms with E-state index in [0.717, 1.165) is 77.9 Å². The number of rotatable bonds is 12. The highest BCUT2D eigenvalue weighted by Gasteiger charge is 2.52. The molecule has 2 aromatic carbocycles. The van der Waals surface area contributed by atoms with Crippen LogP contribution in [0.4, 0.5) is 26.3 Å². The van der Waals surface area contributed by atoms with Crippen molar-refractivity contribution in [1.82, 2.24) is 60.5 Å². The molecule has 4 heterocycles. The standard InChI is InChI=1S/C74H103ClF6N12O12/c1-11-43(3)60-64(98)82-45(5)65(99)93-37-31-54(93)68(102)88(8)56(40-48-23-27-49(28-24-48)73(76,77)78)67(101)86(6)42-58(94)83-52(30-26-47-25-29-50(51(75)38-47)74(79,80)81)66(100)92-36-19-22-53(92)63(97)85-72(32-15-16-33-72)71(105)90(10)61(44(4)12-2)70(104)89(9)57(69(103)91-34-17-18-35-91)41-59(95)87(7)55(62(96)84-60)39-46-20-13-14-21-46/h23-25,27-29,38,43-46,52-57,60-61H,11-22,26,30-37,39-42H2,1-10H3,(H,82,98)(H,83,94)(H,84,96)(H,85,97)/t43-,44-,45-,52-,53-,54-,55-,56-,57-,60-,61-/m0/s1. The first-order valence-corrected chi connectivity index (χ1v) is 37.3. The fourth-order valence-corrected chi connectivity index (χ4v) is 16.0. The zero-order valence-corrected chi connectivity index (χ0v) is 62.5. The molecular weight excluding hydrogens is 1400 g/mol. The van der Waals surface area contributed by atoms with Crippen LogP contribution in [0.1, 0.15) is 172 Å². The third-order valence-corrected chi connectivity index (χ3v) is 23.0. The maximum Gasteiger partial charge on any atom is 0.417 e. The van der Waals surface area contributed by atoms with Crippen LogP contribution in [0.5, 0.6) is 0 Å². The van der Waals surface area contributed by atoms with Crippen LogP contribution in [0.25, 0.3) is 0 Å². The van der Waals surface area contributed by atoms with Crippen molar-refractivity contribution in [2.75, 3.05) is 68.0 Å². The Bertz CT molecular complexity index is 3530. The smallest absolute Gasteiger partial charge is 0.343 e. The summed E-state index contributed by atoms with van der Waals surface area (Å²) in [5.74, 6) is -10.1. The largest absolute Gasteiger partial charge is 0.417 e. The third kappa shape index (κ3) is 19.4. The van der Waals surface area contributed by atoms with Crippen molar-refractivity contribution in [3.05, 3.63) is 69.7 Å². The van der Waals surface area contributed by atoms with Gasteiger partial charge in [-0.1, -0.05) is 109 Å². The fraction of sp³-hybridized carbons (Fsp3) is 0.676. The molecule has 1 spiro atoms. The minimum atomic E-state index is -4.81. The van der Waals surface area contributed by atoms with E-state index in [0.29, 0.717) is 51.6 Å². The van der Waals surface area contributed by atoms with Crippen molar-refractivity contribution in [3.8, 4) is 0 Å². The number of fused-ring (bicyclic) bond motifs is 2. The van der Waals surface area contributed by atoms with E-state index >= 15 is 28.8 Å². The van der Waals surface area contributed by atoms with Gasteiger partial charge in [-0.3, -0.25) is 57.5 Å². The van der Waals surface area contributed by atoms with Gasteiger partial charge in [0.15, 0.2) is 0 Å². The second-order valence-corrected chi connectivity index (χ2v) is 30.2. The average molecular weight is 1500 g/mol. The Morgan fingerprint density at radius 1 is 0.600 bits per heavy atom. The number of carbonyl (C=O) groups excluding carboxylic acids is 12. The van der Waals surface area contributed by atoms with Crippen molar-refractivity contribution in [3.63, 3.8) is 0 Å². The summed E-state index contributed by atoms with van der Waals surface area (Å²) in [5.41, 5.74) is -3.39. The van der Waals surface area contributed by atoms with E-state index < -0.39 is 191 Å². The predicted octanol–water partition coefficient (Wildman–Crippen LogP) is 6.51. The maximum atomic E-state index is 15.6. The van der Waals surface area contributed by atoms with Crippen LogP contribution in [0.3, 0.4) is 0 Å². The van der Waals surface area contributed by atoms with E-state index in [4.69, 9.17) is 11.6 Å². The maximum absolute atomic E-state index is 15.6. The van der Waals surface area contributed by atoms with Gasteiger partial charge < -0.3 is 60.5 Å². The highest BCUT2D eigenvalue weighted by atomic mass is 35.5. The van der Waals surface area contributed by atoms with Gasteiger partial charge in [-0.25, -0.2) is 0 Å². The number of amides is 12. The normalized spacial score (nSPS) is 27.1. The van der Waals surface area contributed by atoms with Crippen LogP contribution in [0.15, 0.2) is 42.5 Å². The molecule has 24 nitrogen and oxygen atoms in total. The van der Waals surface area contributed by atoms with Gasteiger partial charge in [-0.05, 0) is 124 Å². The summed E-state index contributed by atoms with van der Waals surface area (Å²) in [6.07, 6.45) is -4.05. The second kappa shape index (κ2) is 35.1. The topological polar surface area (TPSA) is 279 Å². The number of hydrogen-bond acceptors (Lipinski definition) is 12. The molecule has 6 fully saturated rings. The van der Waals surface area contributed by atoms with Crippen molar-refractivity contribution in [2.24, 2.45) is 17.8 Å². The number of likely N-dealkylation sites (tertiary alicyclic amines) is 1. The lowest BCUT2D eigenvalue weighted by Gasteiger charge is -2.44. The highest BCUT2D eigenvalue weighted by Crippen LogP contribution is 2.38. The molecule has 2 saturated carbocycles. The summed E-state index contributed by atoms with van der Waals surface area (Å²) in [5, 5.41) is 10.6. The number of nitrogens with zero attached hydrogens (tertiary/aromatic N) is 8. The Morgan fingerprint density at radius 3 is 1.80 bits per heavy atom. The van der Waals surface area contributed by atoms with Crippen molar-refractivity contribution in [1.29, 1.82) is 0 Å². The molecule has 0 bridgehead atoms. The highest BCUT2D eigenvalue weighted by molar-refractivity contribution is 6.31. The fourth-order valence-electron chi connectivity index (χ4n) is 15.7. The Balaban J connectivity index is 1.18. The van der Waals surface area contributed by atoms with Gasteiger partial charge in [0.1, 0.15) is 59.9 Å². The number of halogens is 7. The molecule has 0 radical (unpaired) electrons. The van der Waals surface area contributed by atoms with Crippen LogP contribution in [0, 0.1) is 17.8 Å². The zero-order chi connectivity index (χ0) is 77.3. The van der Waals surface area contributed by atoms with Crippen LogP contribution in [0.2, 0.25) is 5.02 Å². The number of alkyl halides is 6. The molecular formula is C74H103ClF6N12O12. The summed E-state index contributed by atoms with van der Waals surface area (Å²) >= 11 is 6.13. The Morgan fingerprint density at radius 2 is 1.22 bits per heavy atom. The van der Waals surface area contributed by atoms with Gasteiger partial charge >= 0.3 is 12.4 Å². The minimum Gasteiger partial charge on any atom is -0.343 e. The minimum absolute atomic E-state index is 0.00857. The summed E-state index contributed by atoms with van der Waals surface area (Å²) in [6, 6.07) is -5.36. The van der Waals surface area contributed by atoms with Crippen molar-refractivity contribution in [2.45, 2.75) is 235 Å². The van der Waals surface area contributed by atoms with E-state index in [-0.39, 0.29) is 81.5 Å². The molecule has 4 N–H and O–H groups in total. The number of carbonyl (C=O) groups is 12. The molecule has 12 amide bonds. The first-order chi connectivity index (χ1) is 49.4. The summed E-state index contributed by atoms with van der Waals surface area (Å²) in [6.45, 7) is 8.30. The molecule has 4 aliphatic heterocycles. The molecule has 2 aliphatic carbocycles. The first kappa shape index (κ1) is 82.6. The summed E-state index contributed by atoms with van der Waals surface area (Å²) < 4.78 is 83.2. The van der Waals surface area contributed by atoms with Gasteiger partial charge in [0, 0.05) is 67.8 Å². The summed E-state index contributed by atoms with van der Waals surface area (Å²) in [4.78, 5) is 190. The lowest BCUT2D eigenvalue weighted by atomic mass is 9.90. The molecule has 8 rings (SSSR count). The zero-order valence-electron chi connectivity index (χ0n) is 61.8. The number of aryl methyl sites for hydroxylation is 1. The molecule has 0 aromatic heterocycles. The quantitative estimate of drug-likeness (QED) is 0.166. The van der Waals surface area contributed by atoms with Crippen LogP contribution in [-0.4, -0.2) is 238 Å². The molecule has 11 atom stereocenters. The molecule has 4 saturated heterocycles. The van der Waals surface area contributed by atoms with Crippen LogP contribution < -0.4 is 21.3 Å². The Labute approximate surface area is 615 Å². The van der Waals surface area contributed by atoms with E-state index in [1.807, 2.05) is 6.92 Å². The van der Waals surface area contributed by atoms with Gasteiger partial charge in [0.05, 0.1) is 29.1 Å². The third-order valence-electron chi connectivity index (χ3n) is 22.7. The van der Waals surface area contributed by atoms with Gasteiger partial charge in [0.25, 0.3) is 0 Å². The number of likely N-dealkylation sites (N-methyl/N-ethyl adjacent to an activating group) is 5. The van der Waals surface area contributed by atoms with E-state index in [9.17, 15) is 55.1 Å². The number of hydrogen-bond donors (Lipinski definition) is 4. The Kier molecular flexibility index (Phi) is 27.6.